The van der Waals surface area contributed by atoms with Gasteiger partial charge in [-0.3, -0.25) is 4.79 Å². The van der Waals surface area contributed by atoms with Gasteiger partial charge in [0.1, 0.15) is 0 Å². The van der Waals surface area contributed by atoms with Gasteiger partial charge < -0.3 is 0 Å². The number of carbonyl (C=O) groups is 1. The lowest BCUT2D eigenvalue weighted by Gasteiger charge is -1.93. The number of hydrogen-bond donors (Lipinski definition) is 0. The SMILES string of the molecule is O=C1C=CC(=C2CC2)N=N1. The van der Waals surface area contributed by atoms with Crippen LogP contribution in [0.15, 0.2) is 33.7 Å². The molecule has 0 saturated heterocycles. The molecule has 1 heterocycles. The van der Waals surface area contributed by atoms with E-state index in [4.69, 9.17) is 0 Å². The summed E-state index contributed by atoms with van der Waals surface area (Å²) >= 11 is 0. The summed E-state index contributed by atoms with van der Waals surface area (Å²) in [6, 6.07) is 0. The van der Waals surface area contributed by atoms with Crippen LogP contribution < -0.4 is 0 Å². The van der Waals surface area contributed by atoms with Crippen molar-refractivity contribution in [2.24, 2.45) is 10.2 Å². The first kappa shape index (κ1) is 5.53. The van der Waals surface area contributed by atoms with Gasteiger partial charge in [0.15, 0.2) is 0 Å². The van der Waals surface area contributed by atoms with Crippen molar-refractivity contribution in [3.05, 3.63) is 23.4 Å². The largest absolute Gasteiger partial charge is 0.288 e. The van der Waals surface area contributed by atoms with Gasteiger partial charge in [0.05, 0.1) is 5.70 Å². The van der Waals surface area contributed by atoms with E-state index in [1.165, 1.54) is 11.6 Å². The van der Waals surface area contributed by atoms with Crippen LogP contribution in [0.4, 0.5) is 0 Å². The van der Waals surface area contributed by atoms with Gasteiger partial charge in [0, 0.05) is 6.08 Å². The highest BCUT2D eigenvalue weighted by Crippen LogP contribution is 2.33. The number of amides is 1. The van der Waals surface area contributed by atoms with Gasteiger partial charge in [-0.05, 0) is 24.5 Å². The zero-order valence-corrected chi connectivity index (χ0v) is 5.37. The Morgan fingerprint density at radius 2 is 2.00 bits per heavy atom. The summed E-state index contributed by atoms with van der Waals surface area (Å²) in [5.74, 6) is -0.259. The van der Waals surface area contributed by atoms with Crippen molar-refractivity contribution in [1.29, 1.82) is 0 Å². The fourth-order valence-corrected chi connectivity index (χ4v) is 0.827. The topological polar surface area (TPSA) is 41.8 Å². The lowest BCUT2D eigenvalue weighted by atomic mass is 10.3. The zero-order valence-electron chi connectivity index (χ0n) is 5.37. The third-order valence-electron chi connectivity index (χ3n) is 1.50. The first-order valence-electron chi connectivity index (χ1n) is 3.22. The maximum atomic E-state index is 10.5. The molecule has 1 fully saturated rings. The highest BCUT2D eigenvalue weighted by Gasteiger charge is 2.17. The molecular weight excluding hydrogens is 128 g/mol. The Hall–Kier alpha value is -1.25. The van der Waals surface area contributed by atoms with Crippen molar-refractivity contribution < 1.29 is 4.79 Å². The van der Waals surface area contributed by atoms with E-state index >= 15 is 0 Å². The first-order chi connectivity index (χ1) is 4.86. The van der Waals surface area contributed by atoms with E-state index in [9.17, 15) is 4.79 Å². The van der Waals surface area contributed by atoms with Crippen molar-refractivity contribution in [2.45, 2.75) is 12.8 Å². The van der Waals surface area contributed by atoms with Gasteiger partial charge in [0.2, 0.25) is 0 Å². The summed E-state index contributed by atoms with van der Waals surface area (Å²) < 4.78 is 0. The molecular formula is C7H6N2O. The van der Waals surface area contributed by atoms with Gasteiger partial charge in [-0.1, -0.05) is 0 Å². The molecule has 2 rings (SSSR count). The monoisotopic (exact) mass is 134 g/mol. The van der Waals surface area contributed by atoms with Crippen molar-refractivity contribution in [3.63, 3.8) is 0 Å². The standard InChI is InChI=1S/C7H6N2O/c10-7-4-3-6(8-9-7)5-1-2-5/h3-4H,1-2H2. The van der Waals surface area contributed by atoms with Crippen LogP contribution >= 0.6 is 0 Å². The van der Waals surface area contributed by atoms with Crippen LogP contribution in [0.25, 0.3) is 0 Å². The molecule has 1 amide bonds. The number of nitrogens with zero attached hydrogens (tertiary/aromatic N) is 2. The second-order valence-electron chi connectivity index (χ2n) is 2.36. The minimum Gasteiger partial charge on any atom is -0.266 e. The molecule has 1 aliphatic carbocycles. The van der Waals surface area contributed by atoms with Gasteiger partial charge in [0.25, 0.3) is 5.91 Å². The molecule has 10 heavy (non-hydrogen) atoms. The molecule has 1 aliphatic heterocycles. The first-order valence-corrected chi connectivity index (χ1v) is 3.22. The van der Waals surface area contributed by atoms with Crippen LogP contribution in [0.5, 0.6) is 0 Å². The summed E-state index contributed by atoms with van der Waals surface area (Å²) in [5, 5.41) is 7.15. The lowest BCUT2D eigenvalue weighted by Crippen LogP contribution is -1.90. The molecule has 3 nitrogen and oxygen atoms in total. The van der Waals surface area contributed by atoms with Crippen LogP contribution in [0.2, 0.25) is 0 Å². The van der Waals surface area contributed by atoms with Gasteiger partial charge in [-0.15, -0.1) is 10.2 Å². The predicted molar refractivity (Wildman–Crippen MR) is 35.3 cm³/mol. The Morgan fingerprint density at radius 3 is 2.50 bits per heavy atom. The predicted octanol–water partition coefficient (Wildman–Crippen LogP) is 1.58. The molecule has 0 atom stereocenters. The third-order valence-corrected chi connectivity index (χ3v) is 1.50. The summed E-state index contributed by atoms with van der Waals surface area (Å²) in [4.78, 5) is 10.5. The molecule has 2 aliphatic rings. The summed E-state index contributed by atoms with van der Waals surface area (Å²) in [6.07, 6.45) is 5.42. The number of allylic oxidation sites excluding steroid dienone is 2. The minimum atomic E-state index is -0.259. The van der Waals surface area contributed by atoms with Crippen LogP contribution in [0.3, 0.4) is 0 Å². The maximum Gasteiger partial charge on any atom is 0.288 e. The third kappa shape index (κ3) is 0.900. The molecule has 0 bridgehead atoms. The zero-order chi connectivity index (χ0) is 6.97. The Morgan fingerprint density at radius 1 is 1.20 bits per heavy atom. The Labute approximate surface area is 58.1 Å². The molecule has 50 valence electrons. The van der Waals surface area contributed by atoms with Crippen molar-refractivity contribution in [1.82, 2.24) is 0 Å². The molecule has 0 aromatic rings. The second-order valence-corrected chi connectivity index (χ2v) is 2.36. The smallest absolute Gasteiger partial charge is 0.266 e. The lowest BCUT2D eigenvalue weighted by molar-refractivity contribution is -0.114. The van der Waals surface area contributed by atoms with Crippen molar-refractivity contribution >= 4 is 5.91 Å². The minimum absolute atomic E-state index is 0.259. The normalized spacial score (nSPS) is 22.2. The van der Waals surface area contributed by atoms with E-state index in [2.05, 4.69) is 10.2 Å². The van der Waals surface area contributed by atoms with Crippen LogP contribution in [0.1, 0.15) is 12.8 Å². The maximum absolute atomic E-state index is 10.5. The molecule has 0 aromatic heterocycles. The molecule has 3 heteroatoms. The van der Waals surface area contributed by atoms with Crippen molar-refractivity contribution in [3.8, 4) is 0 Å². The van der Waals surface area contributed by atoms with Crippen LogP contribution in [-0.2, 0) is 4.79 Å². The van der Waals surface area contributed by atoms with Crippen LogP contribution in [0, 0.1) is 0 Å². The Kier molecular flexibility index (Phi) is 1.03. The molecule has 0 aromatic carbocycles. The van der Waals surface area contributed by atoms with E-state index in [0.29, 0.717) is 0 Å². The van der Waals surface area contributed by atoms with Crippen LogP contribution in [-0.4, -0.2) is 5.91 Å². The number of rotatable bonds is 0. The molecule has 0 N–H and O–H groups in total. The molecule has 0 unspecified atom stereocenters. The second kappa shape index (κ2) is 1.87. The molecule has 1 saturated carbocycles. The molecule has 0 radical (unpaired) electrons. The van der Waals surface area contributed by atoms with E-state index in [1.54, 1.807) is 6.08 Å². The number of carbonyl (C=O) groups excluding carboxylic acids is 1. The van der Waals surface area contributed by atoms with Gasteiger partial charge in [-0.2, -0.15) is 0 Å². The van der Waals surface area contributed by atoms with E-state index in [1.807, 2.05) is 0 Å². The number of hydrogen-bond acceptors (Lipinski definition) is 2. The van der Waals surface area contributed by atoms with Gasteiger partial charge in [-0.25, -0.2) is 0 Å². The van der Waals surface area contributed by atoms with Crippen molar-refractivity contribution in [2.75, 3.05) is 0 Å². The summed E-state index contributed by atoms with van der Waals surface area (Å²) in [5.41, 5.74) is 2.20. The average Bonchev–Trinajstić information content (AvgIpc) is 2.71. The average molecular weight is 134 g/mol. The highest BCUT2D eigenvalue weighted by atomic mass is 16.1. The highest BCUT2D eigenvalue weighted by molar-refractivity contribution is 5.89. The van der Waals surface area contributed by atoms with Gasteiger partial charge >= 0.3 is 0 Å². The van der Waals surface area contributed by atoms with E-state index in [-0.39, 0.29) is 5.91 Å². The quantitative estimate of drug-likeness (QED) is 0.496. The van der Waals surface area contributed by atoms with E-state index < -0.39 is 0 Å². The fourth-order valence-electron chi connectivity index (χ4n) is 0.827. The summed E-state index contributed by atoms with van der Waals surface area (Å²) in [6.45, 7) is 0. The number of azo groups is 1. The summed E-state index contributed by atoms with van der Waals surface area (Å²) in [7, 11) is 0. The molecule has 0 spiro atoms. The fraction of sp³-hybridized carbons (Fsp3) is 0.286. The van der Waals surface area contributed by atoms with E-state index in [0.717, 1.165) is 18.5 Å². The Bertz CT molecular complexity index is 249. The Balaban J connectivity index is 2.30.